The number of carboxylic acids is 1. The van der Waals surface area contributed by atoms with Crippen molar-refractivity contribution in [2.45, 2.75) is 51.5 Å². The molecule has 4 aliphatic carbocycles. The van der Waals surface area contributed by atoms with E-state index >= 15 is 0 Å². The topological polar surface area (TPSA) is 84.2 Å². The number of rotatable bonds is 6. The summed E-state index contributed by atoms with van der Waals surface area (Å²) < 4.78 is 1.49. The van der Waals surface area contributed by atoms with E-state index in [0.717, 1.165) is 24.3 Å². The minimum absolute atomic E-state index is 0.0308. The van der Waals surface area contributed by atoms with Gasteiger partial charge in [-0.25, -0.2) is 0 Å². The first-order valence-corrected chi connectivity index (χ1v) is 9.05. The number of hydrogen-bond donors (Lipinski definition) is 2. The van der Waals surface area contributed by atoms with Gasteiger partial charge in [0.25, 0.3) is 5.91 Å². The molecule has 0 aromatic carbocycles. The lowest BCUT2D eigenvalue weighted by Crippen LogP contribution is -2.51. The fourth-order valence-electron chi connectivity index (χ4n) is 5.77. The molecule has 6 nitrogen and oxygen atoms in total. The van der Waals surface area contributed by atoms with Crippen molar-refractivity contribution >= 4 is 11.9 Å². The molecule has 0 saturated heterocycles. The van der Waals surface area contributed by atoms with Crippen LogP contribution in [0.15, 0.2) is 12.3 Å². The molecular weight excluding hydrogens is 306 g/mol. The number of hydrogen-bond acceptors (Lipinski definition) is 3. The molecule has 0 atom stereocenters. The van der Waals surface area contributed by atoms with Crippen LogP contribution in [0.25, 0.3) is 0 Å². The van der Waals surface area contributed by atoms with Gasteiger partial charge in [-0.05, 0) is 67.8 Å². The first kappa shape index (κ1) is 15.7. The van der Waals surface area contributed by atoms with Gasteiger partial charge in [0.2, 0.25) is 0 Å². The fourth-order valence-corrected chi connectivity index (χ4v) is 5.77. The molecule has 1 heterocycles. The van der Waals surface area contributed by atoms with Crippen LogP contribution >= 0.6 is 0 Å². The summed E-state index contributed by atoms with van der Waals surface area (Å²) in [5.41, 5.74) is 0.761. The van der Waals surface area contributed by atoms with Gasteiger partial charge in [-0.15, -0.1) is 0 Å². The van der Waals surface area contributed by atoms with E-state index in [0.29, 0.717) is 11.1 Å². The first-order chi connectivity index (χ1) is 11.5. The summed E-state index contributed by atoms with van der Waals surface area (Å²) in [7, 11) is 0. The summed E-state index contributed by atoms with van der Waals surface area (Å²) in [6, 6.07) is 1.66. The Bertz CT molecular complexity index is 616. The molecular formula is C18H25N3O3. The second-order valence-corrected chi connectivity index (χ2v) is 8.18. The average molecular weight is 331 g/mol. The number of aliphatic carboxylic acids is 1. The molecule has 0 spiro atoms. The predicted molar refractivity (Wildman–Crippen MR) is 87.4 cm³/mol. The highest BCUT2D eigenvalue weighted by molar-refractivity contribution is 5.92. The van der Waals surface area contributed by atoms with Gasteiger partial charge in [-0.3, -0.25) is 14.3 Å². The van der Waals surface area contributed by atoms with Crippen molar-refractivity contribution in [1.29, 1.82) is 0 Å². The zero-order chi connectivity index (χ0) is 16.7. The molecule has 4 bridgehead atoms. The molecule has 24 heavy (non-hydrogen) atoms. The fraction of sp³-hybridized carbons (Fsp3) is 0.722. The van der Waals surface area contributed by atoms with Crippen LogP contribution in [0.3, 0.4) is 0 Å². The number of nitrogens with one attached hydrogen (secondary N) is 1. The Morgan fingerprint density at radius 2 is 1.83 bits per heavy atom. The van der Waals surface area contributed by atoms with Gasteiger partial charge in [0.1, 0.15) is 5.69 Å². The molecule has 4 saturated carbocycles. The Hall–Kier alpha value is -1.85. The zero-order valence-electron chi connectivity index (χ0n) is 13.9. The van der Waals surface area contributed by atoms with Gasteiger partial charge in [-0.2, -0.15) is 5.10 Å². The summed E-state index contributed by atoms with van der Waals surface area (Å²) in [4.78, 5) is 23.3. The minimum atomic E-state index is -0.884. The van der Waals surface area contributed by atoms with E-state index in [1.807, 2.05) is 0 Å². The molecule has 1 amide bonds. The minimum Gasteiger partial charge on any atom is -0.481 e. The highest BCUT2D eigenvalue weighted by atomic mass is 16.4. The number of aromatic nitrogens is 2. The maximum absolute atomic E-state index is 12.5. The third-order valence-electron chi connectivity index (χ3n) is 6.28. The molecule has 5 rings (SSSR count). The lowest BCUT2D eigenvalue weighted by atomic mass is 9.49. The quantitative estimate of drug-likeness (QED) is 0.838. The standard InChI is InChI=1S/C18H25N3O3/c22-16(23)2-4-21-15(1-3-20-21)17(24)19-11-18-8-12-5-13(9-18)7-14(6-12)10-18/h1,3,12-14H,2,4-11H2,(H,19,24)(H,22,23). The summed E-state index contributed by atoms with van der Waals surface area (Å²) in [5, 5.41) is 16.0. The predicted octanol–water partition coefficient (Wildman–Crippen LogP) is 2.30. The molecule has 4 aliphatic rings. The van der Waals surface area contributed by atoms with Crippen LogP contribution in [0.5, 0.6) is 0 Å². The normalized spacial score (nSPS) is 33.6. The summed E-state index contributed by atoms with van der Waals surface area (Å²) in [6.45, 7) is 0.974. The van der Waals surface area contributed by atoms with Crippen molar-refractivity contribution in [2.24, 2.45) is 23.2 Å². The second-order valence-electron chi connectivity index (χ2n) is 8.18. The van der Waals surface area contributed by atoms with Crippen molar-refractivity contribution < 1.29 is 14.7 Å². The number of aryl methyl sites for hydroxylation is 1. The number of carbonyl (C=O) groups excluding carboxylic acids is 1. The Morgan fingerprint density at radius 3 is 2.42 bits per heavy atom. The SMILES string of the molecule is O=C(O)CCn1nccc1C(=O)NCC12CC3CC(CC(C3)C1)C2. The van der Waals surface area contributed by atoms with E-state index in [1.54, 1.807) is 12.3 Å². The third kappa shape index (κ3) is 2.94. The van der Waals surface area contributed by atoms with Crippen molar-refractivity contribution in [2.75, 3.05) is 6.54 Å². The lowest BCUT2D eigenvalue weighted by molar-refractivity contribution is -0.137. The van der Waals surface area contributed by atoms with Crippen molar-refractivity contribution in [3.63, 3.8) is 0 Å². The van der Waals surface area contributed by atoms with Crippen molar-refractivity contribution in [1.82, 2.24) is 15.1 Å². The Balaban J connectivity index is 1.39. The van der Waals surface area contributed by atoms with Crippen LogP contribution in [-0.2, 0) is 11.3 Å². The smallest absolute Gasteiger partial charge is 0.305 e. The van der Waals surface area contributed by atoms with Gasteiger partial charge >= 0.3 is 5.97 Å². The van der Waals surface area contributed by atoms with Crippen LogP contribution < -0.4 is 5.32 Å². The number of nitrogens with zero attached hydrogens (tertiary/aromatic N) is 2. The van der Waals surface area contributed by atoms with E-state index in [2.05, 4.69) is 10.4 Å². The largest absolute Gasteiger partial charge is 0.481 e. The zero-order valence-corrected chi connectivity index (χ0v) is 13.9. The van der Waals surface area contributed by atoms with Crippen LogP contribution in [0.2, 0.25) is 0 Å². The highest BCUT2D eigenvalue weighted by Gasteiger charge is 2.50. The Morgan fingerprint density at radius 1 is 1.21 bits per heavy atom. The monoisotopic (exact) mass is 331 g/mol. The molecule has 0 aliphatic heterocycles. The van der Waals surface area contributed by atoms with Gasteiger partial charge in [0, 0.05) is 12.7 Å². The van der Waals surface area contributed by atoms with Crippen LogP contribution in [0.1, 0.15) is 55.4 Å². The number of amides is 1. The van der Waals surface area contributed by atoms with Crippen molar-refractivity contribution in [3.05, 3.63) is 18.0 Å². The maximum atomic E-state index is 12.5. The van der Waals surface area contributed by atoms with Crippen LogP contribution in [0.4, 0.5) is 0 Å². The van der Waals surface area contributed by atoms with E-state index < -0.39 is 5.97 Å². The summed E-state index contributed by atoms with van der Waals surface area (Å²) in [6.07, 6.45) is 9.50. The Kier molecular flexibility index (Phi) is 3.85. The van der Waals surface area contributed by atoms with Gasteiger partial charge in [-0.1, -0.05) is 0 Å². The molecule has 0 radical (unpaired) electrons. The Labute approximate surface area is 141 Å². The van der Waals surface area contributed by atoms with Gasteiger partial charge in [0.05, 0.1) is 13.0 Å². The lowest BCUT2D eigenvalue weighted by Gasteiger charge is -2.56. The van der Waals surface area contributed by atoms with Crippen LogP contribution in [-0.4, -0.2) is 33.3 Å². The second kappa shape index (κ2) is 5.90. The van der Waals surface area contributed by atoms with Gasteiger partial charge < -0.3 is 10.4 Å². The third-order valence-corrected chi connectivity index (χ3v) is 6.28. The summed E-state index contributed by atoms with van der Waals surface area (Å²) in [5.74, 6) is 1.59. The molecule has 1 aromatic rings. The molecule has 4 fully saturated rings. The van der Waals surface area contributed by atoms with Crippen LogP contribution in [0, 0.1) is 23.2 Å². The van der Waals surface area contributed by atoms with E-state index in [9.17, 15) is 9.59 Å². The maximum Gasteiger partial charge on any atom is 0.305 e. The molecule has 6 heteroatoms. The highest BCUT2D eigenvalue weighted by Crippen LogP contribution is 2.59. The molecule has 1 aromatic heterocycles. The molecule has 2 N–H and O–H groups in total. The number of carboxylic acid groups (broad SMARTS) is 1. The van der Waals surface area contributed by atoms with E-state index in [1.165, 1.54) is 43.2 Å². The molecule has 0 unspecified atom stereocenters. The molecule has 130 valence electrons. The van der Waals surface area contributed by atoms with E-state index in [4.69, 9.17) is 5.11 Å². The first-order valence-electron chi connectivity index (χ1n) is 9.05. The summed E-state index contributed by atoms with van der Waals surface area (Å²) >= 11 is 0. The van der Waals surface area contributed by atoms with E-state index in [-0.39, 0.29) is 18.9 Å². The van der Waals surface area contributed by atoms with Gasteiger partial charge in [0.15, 0.2) is 0 Å². The number of carbonyl (C=O) groups is 2. The average Bonchev–Trinajstić information content (AvgIpc) is 2.98. The van der Waals surface area contributed by atoms with Crippen molar-refractivity contribution in [3.8, 4) is 0 Å².